The molecule has 1 aliphatic rings. The smallest absolute Gasteiger partial charge is 0.320 e. The number of ether oxygens (including phenoxy) is 2. The molecule has 1 saturated heterocycles. The van der Waals surface area contributed by atoms with Crippen LogP contribution >= 0.6 is 11.8 Å². The summed E-state index contributed by atoms with van der Waals surface area (Å²) in [5.41, 5.74) is 2.73. The molecule has 0 aliphatic carbocycles. The minimum absolute atomic E-state index is 0.100. The molecule has 4 nitrogen and oxygen atoms in total. The van der Waals surface area contributed by atoms with Crippen molar-refractivity contribution in [2.45, 2.75) is 57.8 Å². The lowest BCUT2D eigenvalue weighted by atomic mass is 9.92. The molecule has 154 valence electrons. The lowest BCUT2D eigenvalue weighted by Crippen LogP contribution is -2.27. The number of thioether (sulfide) groups is 1. The molecular formula is C23H32O4S. The minimum atomic E-state index is -0.758. The number of allylic oxidation sites excluding steroid dienone is 2. The standard InChI is InChI=1S/C23H32O4S/c1-4-26-22(24)20-19(16-27-23(20)25)14-9-7-5-6-8-10-15-28-21-17(2)12-11-13-18(21)3/h7,9,11-13,19-20H,4-6,8,10,14-16H2,1-3H3. The van der Waals surface area contributed by atoms with Gasteiger partial charge in [0.25, 0.3) is 0 Å². The second kappa shape index (κ2) is 11.9. The third-order valence-corrected chi connectivity index (χ3v) is 6.41. The molecule has 2 atom stereocenters. The highest BCUT2D eigenvalue weighted by molar-refractivity contribution is 7.99. The Morgan fingerprint density at radius 1 is 1.21 bits per heavy atom. The number of hydrogen-bond donors (Lipinski definition) is 0. The van der Waals surface area contributed by atoms with E-state index in [1.54, 1.807) is 6.92 Å². The van der Waals surface area contributed by atoms with Gasteiger partial charge in [-0.15, -0.1) is 11.8 Å². The fourth-order valence-electron chi connectivity index (χ4n) is 3.42. The van der Waals surface area contributed by atoms with Crippen LogP contribution in [0.2, 0.25) is 0 Å². The number of rotatable bonds is 11. The maximum absolute atomic E-state index is 11.9. The molecule has 1 fully saturated rings. The van der Waals surface area contributed by atoms with E-state index >= 15 is 0 Å². The fourth-order valence-corrected chi connectivity index (χ4v) is 4.57. The van der Waals surface area contributed by atoms with Crippen molar-refractivity contribution >= 4 is 23.7 Å². The zero-order valence-corrected chi connectivity index (χ0v) is 18.1. The van der Waals surface area contributed by atoms with Crippen LogP contribution in [0.3, 0.4) is 0 Å². The second-order valence-electron chi connectivity index (χ2n) is 7.25. The molecule has 0 spiro atoms. The lowest BCUT2D eigenvalue weighted by molar-refractivity contribution is -0.156. The molecule has 0 aromatic heterocycles. The molecule has 1 aromatic rings. The first kappa shape index (κ1) is 22.5. The van der Waals surface area contributed by atoms with Crippen LogP contribution in [0.5, 0.6) is 0 Å². The van der Waals surface area contributed by atoms with Crippen molar-refractivity contribution in [1.82, 2.24) is 0 Å². The number of unbranched alkanes of at least 4 members (excludes halogenated alkanes) is 3. The molecule has 0 N–H and O–H groups in total. The van der Waals surface area contributed by atoms with Crippen molar-refractivity contribution in [3.05, 3.63) is 41.5 Å². The summed E-state index contributed by atoms with van der Waals surface area (Å²) in [6.45, 7) is 6.69. The van der Waals surface area contributed by atoms with E-state index in [1.807, 2.05) is 11.8 Å². The predicted molar refractivity (Wildman–Crippen MR) is 113 cm³/mol. The van der Waals surface area contributed by atoms with Crippen LogP contribution in [0.25, 0.3) is 0 Å². The number of esters is 2. The van der Waals surface area contributed by atoms with Crippen LogP contribution < -0.4 is 0 Å². The van der Waals surface area contributed by atoms with Crippen LogP contribution in [0.15, 0.2) is 35.2 Å². The monoisotopic (exact) mass is 404 g/mol. The van der Waals surface area contributed by atoms with Crippen molar-refractivity contribution in [3.63, 3.8) is 0 Å². The maximum Gasteiger partial charge on any atom is 0.320 e. The third-order valence-electron chi connectivity index (χ3n) is 4.98. The molecule has 1 aliphatic heterocycles. The van der Waals surface area contributed by atoms with Crippen LogP contribution in [-0.4, -0.2) is 30.9 Å². The van der Waals surface area contributed by atoms with Gasteiger partial charge < -0.3 is 9.47 Å². The van der Waals surface area contributed by atoms with E-state index in [2.05, 4.69) is 44.2 Å². The Balaban J connectivity index is 1.60. The summed E-state index contributed by atoms with van der Waals surface area (Å²) in [4.78, 5) is 25.1. The Bertz CT molecular complexity index is 663. The highest BCUT2D eigenvalue weighted by atomic mass is 32.2. The van der Waals surface area contributed by atoms with Crippen molar-refractivity contribution in [2.75, 3.05) is 19.0 Å². The van der Waals surface area contributed by atoms with Crippen LogP contribution in [-0.2, 0) is 19.1 Å². The number of hydrogen-bond acceptors (Lipinski definition) is 5. The first-order chi connectivity index (χ1) is 13.5. The Morgan fingerprint density at radius 2 is 1.96 bits per heavy atom. The molecule has 0 bridgehead atoms. The topological polar surface area (TPSA) is 52.6 Å². The van der Waals surface area contributed by atoms with E-state index in [1.165, 1.54) is 28.9 Å². The average molecular weight is 405 g/mol. The van der Waals surface area contributed by atoms with Crippen molar-refractivity contribution in [3.8, 4) is 0 Å². The van der Waals surface area contributed by atoms with Gasteiger partial charge in [0.05, 0.1) is 13.2 Å². The third kappa shape index (κ3) is 6.69. The van der Waals surface area contributed by atoms with E-state index in [-0.39, 0.29) is 12.5 Å². The number of cyclic esters (lactones) is 1. The maximum atomic E-state index is 11.9. The van der Waals surface area contributed by atoms with Gasteiger partial charge in [0.2, 0.25) is 0 Å². The first-order valence-electron chi connectivity index (χ1n) is 10.2. The summed E-state index contributed by atoms with van der Waals surface area (Å²) in [5, 5.41) is 0. The molecule has 1 heterocycles. The molecule has 0 saturated carbocycles. The molecule has 2 unspecified atom stereocenters. The van der Waals surface area contributed by atoms with Gasteiger partial charge in [-0.3, -0.25) is 9.59 Å². The quantitative estimate of drug-likeness (QED) is 0.166. The minimum Gasteiger partial charge on any atom is -0.465 e. The van der Waals surface area contributed by atoms with Gasteiger partial charge in [-0.25, -0.2) is 0 Å². The molecule has 0 amide bonds. The highest BCUT2D eigenvalue weighted by Crippen LogP contribution is 2.28. The Kier molecular flexibility index (Phi) is 9.62. The van der Waals surface area contributed by atoms with Gasteiger partial charge in [0, 0.05) is 10.8 Å². The summed E-state index contributed by atoms with van der Waals surface area (Å²) in [5.74, 6) is -0.607. The molecule has 2 rings (SSSR count). The average Bonchev–Trinajstić information content (AvgIpc) is 3.03. The van der Waals surface area contributed by atoms with E-state index in [0.29, 0.717) is 13.0 Å². The molecule has 28 heavy (non-hydrogen) atoms. The van der Waals surface area contributed by atoms with Gasteiger partial charge in [0.15, 0.2) is 5.92 Å². The van der Waals surface area contributed by atoms with Gasteiger partial charge >= 0.3 is 11.9 Å². The summed E-state index contributed by atoms with van der Waals surface area (Å²) in [6, 6.07) is 6.47. The number of benzene rings is 1. The van der Waals surface area contributed by atoms with Crippen molar-refractivity contribution in [2.24, 2.45) is 11.8 Å². The van der Waals surface area contributed by atoms with Crippen LogP contribution in [0, 0.1) is 25.7 Å². The van der Waals surface area contributed by atoms with Gasteiger partial charge in [-0.1, -0.05) is 36.8 Å². The zero-order chi connectivity index (χ0) is 20.4. The summed E-state index contributed by atoms with van der Waals surface area (Å²) in [7, 11) is 0. The highest BCUT2D eigenvalue weighted by Gasteiger charge is 2.42. The number of aryl methyl sites for hydroxylation is 2. The first-order valence-corrected chi connectivity index (χ1v) is 11.2. The summed E-state index contributed by atoms with van der Waals surface area (Å²) >= 11 is 1.96. The van der Waals surface area contributed by atoms with Crippen LogP contribution in [0.1, 0.15) is 50.2 Å². The van der Waals surface area contributed by atoms with Crippen LogP contribution in [0.4, 0.5) is 0 Å². The normalized spacial score (nSPS) is 19.2. The Labute approximate surface area is 173 Å². The molecular weight excluding hydrogens is 372 g/mol. The van der Waals surface area contributed by atoms with E-state index in [0.717, 1.165) is 18.6 Å². The Morgan fingerprint density at radius 3 is 2.68 bits per heavy atom. The van der Waals surface area contributed by atoms with Gasteiger partial charge in [0.1, 0.15) is 0 Å². The van der Waals surface area contributed by atoms with Crippen molar-refractivity contribution < 1.29 is 19.1 Å². The van der Waals surface area contributed by atoms with Gasteiger partial charge in [-0.2, -0.15) is 0 Å². The van der Waals surface area contributed by atoms with E-state index < -0.39 is 17.9 Å². The molecule has 1 aromatic carbocycles. The number of carbonyl (C=O) groups is 2. The van der Waals surface area contributed by atoms with E-state index in [4.69, 9.17) is 9.47 Å². The van der Waals surface area contributed by atoms with Crippen molar-refractivity contribution in [1.29, 1.82) is 0 Å². The SMILES string of the molecule is CCOC(=O)C1C(=O)OCC1CC=CCCCCCSc1c(C)cccc1C. The molecule has 0 radical (unpaired) electrons. The second-order valence-corrected chi connectivity index (χ2v) is 8.35. The summed E-state index contributed by atoms with van der Waals surface area (Å²) < 4.78 is 10.0. The predicted octanol–water partition coefficient (Wildman–Crippen LogP) is 5.25. The summed E-state index contributed by atoms with van der Waals surface area (Å²) in [6.07, 6.45) is 9.51. The largest absolute Gasteiger partial charge is 0.465 e. The lowest BCUT2D eigenvalue weighted by Gasteiger charge is -2.11. The molecule has 5 heteroatoms. The van der Waals surface area contributed by atoms with Gasteiger partial charge in [-0.05, 0) is 63.3 Å². The van der Waals surface area contributed by atoms with E-state index in [9.17, 15) is 9.59 Å². The zero-order valence-electron chi connectivity index (χ0n) is 17.2. The Hall–Kier alpha value is -1.75. The number of carbonyl (C=O) groups excluding carboxylic acids is 2. The fraction of sp³-hybridized carbons (Fsp3) is 0.565.